The van der Waals surface area contributed by atoms with Crippen LogP contribution >= 0.6 is 11.8 Å². The maximum absolute atomic E-state index is 12.1. The van der Waals surface area contributed by atoms with Gasteiger partial charge in [0, 0.05) is 11.4 Å². The van der Waals surface area contributed by atoms with Crippen LogP contribution in [0.5, 0.6) is 0 Å². The highest BCUT2D eigenvalue weighted by molar-refractivity contribution is 7.99. The van der Waals surface area contributed by atoms with Crippen LogP contribution < -0.4 is 5.32 Å². The van der Waals surface area contributed by atoms with E-state index in [1.165, 1.54) is 11.1 Å². The summed E-state index contributed by atoms with van der Waals surface area (Å²) in [5, 5.41) is 2.86. The van der Waals surface area contributed by atoms with Crippen LogP contribution in [0.25, 0.3) is 0 Å². The second-order valence-corrected chi connectivity index (χ2v) is 6.06. The van der Waals surface area contributed by atoms with E-state index in [2.05, 4.69) is 24.4 Å². The smallest absolute Gasteiger partial charge is 0.237 e. The fraction of sp³-hybridized carbons (Fsp3) is 0.235. The second-order valence-electron chi connectivity index (χ2n) is 4.73. The average Bonchev–Trinajstić information content (AvgIpc) is 2.47. The number of anilines is 1. The predicted molar refractivity (Wildman–Crippen MR) is 87.0 cm³/mol. The van der Waals surface area contributed by atoms with Gasteiger partial charge < -0.3 is 5.32 Å². The molecule has 0 aliphatic rings. The molecule has 2 rings (SSSR count). The van der Waals surface area contributed by atoms with Crippen molar-refractivity contribution in [2.45, 2.75) is 24.9 Å². The molecule has 1 N–H and O–H groups in total. The van der Waals surface area contributed by atoms with Crippen LogP contribution in [-0.2, 0) is 10.5 Å². The molecule has 104 valence electrons. The highest BCUT2D eigenvalue weighted by Crippen LogP contribution is 2.21. The molecule has 0 saturated carbocycles. The van der Waals surface area contributed by atoms with E-state index < -0.39 is 0 Å². The summed E-state index contributed by atoms with van der Waals surface area (Å²) < 4.78 is 0. The number of carbonyl (C=O) groups is 1. The maximum atomic E-state index is 12.1. The Labute approximate surface area is 124 Å². The normalized spacial score (nSPS) is 11.9. The molecule has 2 aromatic rings. The van der Waals surface area contributed by atoms with Crippen molar-refractivity contribution in [1.29, 1.82) is 0 Å². The Balaban J connectivity index is 1.87. The molecule has 2 nitrogen and oxygen atoms in total. The highest BCUT2D eigenvalue weighted by atomic mass is 32.2. The first-order chi connectivity index (χ1) is 9.66. The maximum Gasteiger partial charge on any atom is 0.237 e. The molecule has 1 amide bonds. The van der Waals surface area contributed by atoms with Crippen molar-refractivity contribution >= 4 is 23.4 Å². The van der Waals surface area contributed by atoms with Gasteiger partial charge in [0.25, 0.3) is 0 Å². The molecule has 0 radical (unpaired) electrons. The second kappa shape index (κ2) is 7.15. The molecule has 0 aliphatic heterocycles. The Morgan fingerprint density at radius 1 is 1.10 bits per heavy atom. The van der Waals surface area contributed by atoms with E-state index >= 15 is 0 Å². The summed E-state index contributed by atoms with van der Waals surface area (Å²) in [4.78, 5) is 12.1. The van der Waals surface area contributed by atoms with Crippen molar-refractivity contribution in [1.82, 2.24) is 0 Å². The van der Waals surface area contributed by atoms with E-state index in [4.69, 9.17) is 0 Å². The first-order valence-corrected chi connectivity index (χ1v) is 7.73. The number of para-hydroxylation sites is 1. The van der Waals surface area contributed by atoms with E-state index in [1.54, 1.807) is 11.8 Å². The largest absolute Gasteiger partial charge is 0.325 e. The molecule has 3 heteroatoms. The molecule has 0 saturated heterocycles. The lowest BCUT2D eigenvalue weighted by molar-refractivity contribution is -0.115. The summed E-state index contributed by atoms with van der Waals surface area (Å²) >= 11 is 1.66. The van der Waals surface area contributed by atoms with Gasteiger partial charge in [0.15, 0.2) is 0 Å². The Bertz CT molecular complexity index is 568. The first-order valence-electron chi connectivity index (χ1n) is 6.69. The van der Waals surface area contributed by atoms with Gasteiger partial charge in [0.2, 0.25) is 5.91 Å². The van der Waals surface area contributed by atoms with Gasteiger partial charge in [-0.15, -0.1) is 11.8 Å². The van der Waals surface area contributed by atoms with Gasteiger partial charge >= 0.3 is 0 Å². The Kier molecular flexibility index (Phi) is 5.24. The summed E-state index contributed by atoms with van der Waals surface area (Å²) in [5.41, 5.74) is 3.41. The lowest BCUT2D eigenvalue weighted by Crippen LogP contribution is -2.22. The molecule has 2 aromatic carbocycles. The lowest BCUT2D eigenvalue weighted by Gasteiger charge is -2.13. The van der Waals surface area contributed by atoms with E-state index in [9.17, 15) is 4.79 Å². The van der Waals surface area contributed by atoms with Gasteiger partial charge in [-0.1, -0.05) is 42.5 Å². The Hall–Kier alpha value is -1.74. The molecule has 0 fully saturated rings. The monoisotopic (exact) mass is 285 g/mol. The number of hydrogen-bond acceptors (Lipinski definition) is 2. The molecule has 0 bridgehead atoms. The number of carbonyl (C=O) groups excluding carboxylic acids is 1. The molecule has 0 spiro atoms. The van der Waals surface area contributed by atoms with Gasteiger partial charge in [-0.25, -0.2) is 0 Å². The van der Waals surface area contributed by atoms with Crippen LogP contribution in [0.2, 0.25) is 0 Å². The minimum Gasteiger partial charge on any atom is -0.325 e. The van der Waals surface area contributed by atoms with Gasteiger partial charge in [0.05, 0.1) is 5.25 Å². The summed E-state index contributed by atoms with van der Waals surface area (Å²) in [6, 6.07) is 17.9. The van der Waals surface area contributed by atoms with Crippen LogP contribution in [0.3, 0.4) is 0 Å². The zero-order chi connectivity index (χ0) is 14.4. The van der Waals surface area contributed by atoms with Gasteiger partial charge in [-0.2, -0.15) is 0 Å². The zero-order valence-electron chi connectivity index (χ0n) is 11.8. The van der Waals surface area contributed by atoms with E-state index in [1.807, 2.05) is 49.4 Å². The Morgan fingerprint density at radius 2 is 1.75 bits per heavy atom. The fourth-order valence-corrected chi connectivity index (χ4v) is 2.79. The predicted octanol–water partition coefficient (Wildman–Crippen LogP) is 4.26. The number of benzene rings is 2. The van der Waals surface area contributed by atoms with Crippen LogP contribution in [0.1, 0.15) is 18.1 Å². The standard InChI is InChI=1S/C17H19NOS/c1-13-8-6-7-9-15(13)12-20-14(2)17(19)18-16-10-4-3-5-11-16/h3-11,14H,12H2,1-2H3,(H,18,19)/t14-/m0/s1. The molecule has 0 heterocycles. The summed E-state index contributed by atoms with van der Waals surface area (Å²) in [6.07, 6.45) is 0. The molecule has 1 atom stereocenters. The third-order valence-electron chi connectivity index (χ3n) is 3.16. The van der Waals surface area contributed by atoms with Crippen molar-refractivity contribution in [2.75, 3.05) is 5.32 Å². The molecule has 0 aliphatic carbocycles. The topological polar surface area (TPSA) is 29.1 Å². The van der Waals surface area contributed by atoms with Crippen LogP contribution in [-0.4, -0.2) is 11.2 Å². The quantitative estimate of drug-likeness (QED) is 0.889. The van der Waals surface area contributed by atoms with Crippen molar-refractivity contribution in [3.8, 4) is 0 Å². The third kappa shape index (κ3) is 4.14. The summed E-state index contributed by atoms with van der Waals surface area (Å²) in [6.45, 7) is 4.05. The van der Waals surface area contributed by atoms with Gasteiger partial charge in [0.1, 0.15) is 0 Å². The number of rotatable bonds is 5. The molecule has 0 aromatic heterocycles. The number of aryl methyl sites for hydroxylation is 1. The SMILES string of the molecule is Cc1ccccc1CS[C@@H](C)C(=O)Nc1ccccc1. The number of nitrogens with one attached hydrogen (secondary N) is 1. The summed E-state index contributed by atoms with van der Waals surface area (Å²) in [7, 11) is 0. The van der Waals surface area contributed by atoms with E-state index in [-0.39, 0.29) is 11.2 Å². The number of thioether (sulfide) groups is 1. The number of hydrogen-bond donors (Lipinski definition) is 1. The van der Waals surface area contributed by atoms with Crippen LogP contribution in [0.15, 0.2) is 54.6 Å². The first kappa shape index (κ1) is 14.7. The fourth-order valence-electron chi connectivity index (χ4n) is 1.83. The lowest BCUT2D eigenvalue weighted by atomic mass is 10.1. The van der Waals surface area contributed by atoms with E-state index in [0.717, 1.165) is 11.4 Å². The van der Waals surface area contributed by atoms with Crippen molar-refractivity contribution in [3.63, 3.8) is 0 Å². The van der Waals surface area contributed by atoms with Crippen LogP contribution in [0.4, 0.5) is 5.69 Å². The molecule has 0 unspecified atom stereocenters. The third-order valence-corrected chi connectivity index (χ3v) is 4.35. The Morgan fingerprint density at radius 3 is 2.45 bits per heavy atom. The van der Waals surface area contributed by atoms with Crippen molar-refractivity contribution < 1.29 is 4.79 Å². The van der Waals surface area contributed by atoms with Crippen LogP contribution in [0, 0.1) is 6.92 Å². The molecular formula is C17H19NOS. The van der Waals surface area contributed by atoms with E-state index in [0.29, 0.717) is 0 Å². The van der Waals surface area contributed by atoms with Gasteiger partial charge in [-0.3, -0.25) is 4.79 Å². The average molecular weight is 285 g/mol. The zero-order valence-corrected chi connectivity index (χ0v) is 12.6. The number of amides is 1. The molecule has 20 heavy (non-hydrogen) atoms. The minimum absolute atomic E-state index is 0.0507. The van der Waals surface area contributed by atoms with Crippen molar-refractivity contribution in [3.05, 3.63) is 65.7 Å². The molecular weight excluding hydrogens is 266 g/mol. The van der Waals surface area contributed by atoms with Crippen molar-refractivity contribution in [2.24, 2.45) is 0 Å². The van der Waals surface area contributed by atoms with Gasteiger partial charge in [-0.05, 0) is 37.1 Å². The highest BCUT2D eigenvalue weighted by Gasteiger charge is 2.13. The summed E-state index contributed by atoms with van der Waals surface area (Å²) in [5.74, 6) is 0.908. The minimum atomic E-state index is -0.0742.